The van der Waals surface area contributed by atoms with Crippen LogP contribution in [0.2, 0.25) is 5.02 Å². The maximum Gasteiger partial charge on any atom is 0.264 e. The smallest absolute Gasteiger partial charge is 0.264 e. The number of aryl methyl sites for hydroxylation is 1. The van der Waals surface area contributed by atoms with Crippen LogP contribution in [-0.4, -0.2) is 51.4 Å². The third-order valence-electron chi connectivity index (χ3n) is 7.11. The van der Waals surface area contributed by atoms with Gasteiger partial charge in [-0.3, -0.25) is 13.9 Å². The number of nitrogens with one attached hydrogen (secondary N) is 1. The van der Waals surface area contributed by atoms with Crippen molar-refractivity contribution in [3.63, 3.8) is 0 Å². The number of hydrogen-bond donors (Lipinski definition) is 1. The molecule has 0 aromatic heterocycles. The van der Waals surface area contributed by atoms with Crippen LogP contribution in [0.3, 0.4) is 0 Å². The van der Waals surface area contributed by atoms with Gasteiger partial charge in [0, 0.05) is 25.0 Å². The van der Waals surface area contributed by atoms with Crippen molar-refractivity contribution in [3.8, 4) is 5.75 Å². The summed E-state index contributed by atoms with van der Waals surface area (Å²) in [7, 11) is -2.76. The molecule has 10 heteroatoms. The number of hydrogen-bond acceptors (Lipinski definition) is 5. The third kappa shape index (κ3) is 7.98. The topological polar surface area (TPSA) is 96.0 Å². The van der Waals surface area contributed by atoms with E-state index in [-0.39, 0.29) is 36.1 Å². The fraction of sp³-hybridized carbons (Fsp3) is 0.235. The molecule has 0 aliphatic rings. The van der Waals surface area contributed by atoms with Crippen molar-refractivity contribution in [1.82, 2.24) is 10.2 Å². The number of anilines is 1. The molecule has 0 bridgehead atoms. The van der Waals surface area contributed by atoms with Crippen LogP contribution in [0.1, 0.15) is 23.6 Å². The summed E-state index contributed by atoms with van der Waals surface area (Å²) < 4.78 is 35.2. The summed E-state index contributed by atoms with van der Waals surface area (Å²) in [6.07, 6.45) is 0.234. The van der Waals surface area contributed by atoms with Crippen LogP contribution in [0, 0.1) is 6.92 Å². The molecule has 1 atom stereocenters. The van der Waals surface area contributed by atoms with Crippen molar-refractivity contribution in [3.05, 3.63) is 125 Å². The highest BCUT2D eigenvalue weighted by Crippen LogP contribution is 2.33. The number of nitrogens with zero attached hydrogens (tertiary/aromatic N) is 2. The van der Waals surface area contributed by atoms with E-state index in [2.05, 4.69) is 5.32 Å². The first-order valence-electron chi connectivity index (χ1n) is 14.2. The van der Waals surface area contributed by atoms with Crippen molar-refractivity contribution in [2.24, 2.45) is 0 Å². The molecule has 4 aromatic carbocycles. The molecule has 230 valence electrons. The first-order valence-corrected chi connectivity index (χ1v) is 16.1. The number of para-hydroxylation sites is 2. The summed E-state index contributed by atoms with van der Waals surface area (Å²) in [6.45, 7) is 3.55. The summed E-state index contributed by atoms with van der Waals surface area (Å²) in [5, 5.41) is 3.07. The van der Waals surface area contributed by atoms with E-state index >= 15 is 0 Å². The fourth-order valence-corrected chi connectivity index (χ4v) is 6.35. The monoisotopic (exact) mass is 633 g/mol. The molecule has 0 saturated carbocycles. The van der Waals surface area contributed by atoms with Gasteiger partial charge in [0.15, 0.2) is 0 Å². The third-order valence-corrected chi connectivity index (χ3v) is 9.13. The van der Waals surface area contributed by atoms with Gasteiger partial charge in [-0.15, -0.1) is 0 Å². The number of benzene rings is 4. The van der Waals surface area contributed by atoms with Gasteiger partial charge >= 0.3 is 0 Å². The minimum absolute atomic E-state index is 0.0433. The lowest BCUT2D eigenvalue weighted by Gasteiger charge is -2.34. The number of carbonyl (C=O) groups is 2. The van der Waals surface area contributed by atoms with Crippen LogP contribution in [0.25, 0.3) is 0 Å². The molecule has 4 aromatic rings. The van der Waals surface area contributed by atoms with Gasteiger partial charge in [0.1, 0.15) is 18.3 Å². The molecule has 4 rings (SSSR count). The Labute approximate surface area is 264 Å². The summed E-state index contributed by atoms with van der Waals surface area (Å²) in [5.41, 5.74) is 2.90. The largest absolute Gasteiger partial charge is 0.492 e. The van der Waals surface area contributed by atoms with Gasteiger partial charge in [0.25, 0.3) is 10.0 Å². The second-order valence-electron chi connectivity index (χ2n) is 10.2. The fourth-order valence-electron chi connectivity index (χ4n) is 4.80. The molecular weight excluding hydrogens is 598 g/mol. The van der Waals surface area contributed by atoms with Crippen LogP contribution in [0.5, 0.6) is 5.75 Å². The number of ether oxygens (including phenoxy) is 1. The minimum atomic E-state index is -4.28. The lowest BCUT2D eigenvalue weighted by Crippen LogP contribution is -2.53. The van der Waals surface area contributed by atoms with Crippen LogP contribution >= 0.6 is 11.6 Å². The maximum atomic E-state index is 14.4. The van der Waals surface area contributed by atoms with E-state index in [0.717, 1.165) is 21.0 Å². The Morgan fingerprint density at radius 2 is 1.50 bits per heavy atom. The van der Waals surface area contributed by atoms with Crippen LogP contribution in [-0.2, 0) is 32.6 Å². The van der Waals surface area contributed by atoms with Gasteiger partial charge in [0.05, 0.1) is 17.2 Å². The molecule has 0 heterocycles. The molecule has 0 unspecified atom stereocenters. The number of amides is 2. The molecule has 2 amide bonds. The zero-order valence-electron chi connectivity index (χ0n) is 24.9. The normalized spacial score (nSPS) is 11.8. The first kappa shape index (κ1) is 32.6. The second kappa shape index (κ2) is 14.9. The number of halogens is 1. The van der Waals surface area contributed by atoms with E-state index in [1.54, 1.807) is 31.2 Å². The SMILES string of the molecule is CCOc1ccccc1N(CC(=O)N(Cc1ccc(C)cc1)[C@@H](Cc1ccccc1)C(=O)NC)S(=O)(=O)c1ccc(Cl)cc1. The van der Waals surface area contributed by atoms with Gasteiger partial charge < -0.3 is 15.0 Å². The molecule has 0 aliphatic heterocycles. The summed E-state index contributed by atoms with van der Waals surface area (Å²) in [6, 6.07) is 28.5. The van der Waals surface area contributed by atoms with Crippen LogP contribution in [0.15, 0.2) is 108 Å². The molecule has 0 fully saturated rings. The molecular formula is C34H36ClN3O5S. The summed E-state index contributed by atoms with van der Waals surface area (Å²) >= 11 is 6.06. The first-order chi connectivity index (χ1) is 21.1. The Bertz CT molecular complexity index is 1660. The van der Waals surface area contributed by atoms with Crippen molar-refractivity contribution >= 4 is 39.1 Å². The van der Waals surface area contributed by atoms with E-state index in [1.807, 2.05) is 61.5 Å². The van der Waals surface area contributed by atoms with Gasteiger partial charge in [-0.1, -0.05) is 83.9 Å². The zero-order chi connectivity index (χ0) is 31.7. The average Bonchev–Trinajstić information content (AvgIpc) is 3.03. The molecule has 44 heavy (non-hydrogen) atoms. The van der Waals surface area contributed by atoms with Crippen molar-refractivity contribution in [1.29, 1.82) is 0 Å². The molecule has 1 N–H and O–H groups in total. The molecule has 0 aliphatic carbocycles. The Balaban J connectivity index is 1.82. The predicted molar refractivity (Wildman–Crippen MR) is 173 cm³/mol. The van der Waals surface area contributed by atoms with Crippen LogP contribution < -0.4 is 14.4 Å². The van der Waals surface area contributed by atoms with E-state index in [1.165, 1.54) is 36.2 Å². The number of sulfonamides is 1. The number of rotatable bonds is 13. The van der Waals surface area contributed by atoms with E-state index in [9.17, 15) is 18.0 Å². The highest BCUT2D eigenvalue weighted by atomic mass is 35.5. The predicted octanol–water partition coefficient (Wildman–Crippen LogP) is 5.63. The summed E-state index contributed by atoms with van der Waals surface area (Å²) in [4.78, 5) is 29.2. The standard InChI is InChI=1S/C34H36ClN3O5S/c1-4-43-32-13-9-8-12-30(32)38(44(41,42)29-20-18-28(35)19-21-29)24-33(39)37(23-27-16-14-25(2)15-17-27)31(34(40)36-3)22-26-10-6-5-7-11-26/h5-21,31H,4,22-24H2,1-3H3,(H,36,40)/t31-/m0/s1. The van der Waals surface area contributed by atoms with Gasteiger partial charge in [0.2, 0.25) is 11.8 Å². The molecule has 0 saturated heterocycles. The highest BCUT2D eigenvalue weighted by Gasteiger charge is 2.35. The Morgan fingerprint density at radius 1 is 0.864 bits per heavy atom. The quantitative estimate of drug-likeness (QED) is 0.206. The van der Waals surface area contributed by atoms with Gasteiger partial charge in [-0.05, 0) is 61.4 Å². The Morgan fingerprint density at radius 3 is 2.14 bits per heavy atom. The van der Waals surface area contributed by atoms with E-state index < -0.39 is 28.5 Å². The van der Waals surface area contributed by atoms with Gasteiger partial charge in [-0.25, -0.2) is 8.42 Å². The van der Waals surface area contributed by atoms with Crippen molar-refractivity contribution < 1.29 is 22.7 Å². The lowest BCUT2D eigenvalue weighted by atomic mass is 10.0. The van der Waals surface area contributed by atoms with E-state index in [0.29, 0.717) is 10.8 Å². The molecule has 0 radical (unpaired) electrons. The van der Waals surface area contributed by atoms with E-state index in [4.69, 9.17) is 16.3 Å². The second-order valence-corrected chi connectivity index (χ2v) is 12.5. The van der Waals surface area contributed by atoms with Crippen molar-refractivity contribution in [2.45, 2.75) is 37.8 Å². The Hall–Kier alpha value is -4.34. The Kier molecular flexibility index (Phi) is 11.0. The number of carbonyl (C=O) groups excluding carboxylic acids is 2. The average molecular weight is 634 g/mol. The lowest BCUT2D eigenvalue weighted by molar-refractivity contribution is -0.139. The maximum absolute atomic E-state index is 14.4. The summed E-state index contributed by atoms with van der Waals surface area (Å²) in [5.74, 6) is -0.618. The van der Waals surface area contributed by atoms with Crippen LogP contribution in [0.4, 0.5) is 5.69 Å². The number of likely N-dealkylation sites (N-methyl/N-ethyl adjacent to an activating group) is 1. The molecule has 0 spiro atoms. The van der Waals surface area contributed by atoms with Crippen molar-refractivity contribution in [2.75, 3.05) is 24.5 Å². The molecule has 8 nitrogen and oxygen atoms in total. The zero-order valence-corrected chi connectivity index (χ0v) is 26.5. The van der Waals surface area contributed by atoms with Gasteiger partial charge in [-0.2, -0.15) is 0 Å². The minimum Gasteiger partial charge on any atom is -0.492 e. The highest BCUT2D eigenvalue weighted by molar-refractivity contribution is 7.92.